The van der Waals surface area contributed by atoms with Crippen LogP contribution in [0.4, 0.5) is 5.69 Å². The Balaban J connectivity index is 1.86. The summed E-state index contributed by atoms with van der Waals surface area (Å²) in [6, 6.07) is 26.6. The Bertz CT molecular complexity index is 1790. The molecule has 46 heavy (non-hydrogen) atoms. The number of carbonyl (C=O) groups excluding carboxylic acids is 2. The summed E-state index contributed by atoms with van der Waals surface area (Å²) in [4.78, 5) is 30.1. The molecule has 0 aromatic heterocycles. The SMILES string of the molecule is Cc1cccc(N(CC(=O)N(Cc2ccc(Cl)cc2Cl)[C@H](Cc2ccccc2)C(=O)NC(C)(C)C)S(=O)(=O)c2ccccc2)c1C. The minimum atomic E-state index is -4.20. The van der Waals surface area contributed by atoms with Crippen molar-refractivity contribution in [1.82, 2.24) is 10.2 Å². The van der Waals surface area contributed by atoms with Gasteiger partial charge in [0.25, 0.3) is 10.0 Å². The highest BCUT2D eigenvalue weighted by Crippen LogP contribution is 2.30. The molecule has 0 bridgehead atoms. The van der Waals surface area contributed by atoms with Gasteiger partial charge in [-0.15, -0.1) is 0 Å². The molecule has 4 aromatic carbocycles. The van der Waals surface area contributed by atoms with Crippen molar-refractivity contribution in [3.63, 3.8) is 0 Å². The van der Waals surface area contributed by atoms with Crippen molar-refractivity contribution in [1.29, 1.82) is 0 Å². The minimum absolute atomic E-state index is 0.0438. The van der Waals surface area contributed by atoms with Crippen LogP contribution in [0.1, 0.15) is 43.0 Å². The number of hydrogen-bond donors (Lipinski definition) is 1. The molecule has 4 rings (SSSR count). The lowest BCUT2D eigenvalue weighted by Gasteiger charge is -2.35. The van der Waals surface area contributed by atoms with Gasteiger partial charge in [-0.05, 0) is 87.2 Å². The van der Waals surface area contributed by atoms with E-state index < -0.39 is 34.1 Å². The molecule has 10 heteroatoms. The normalized spacial score (nSPS) is 12.3. The van der Waals surface area contributed by atoms with Crippen molar-refractivity contribution in [3.8, 4) is 0 Å². The highest BCUT2D eigenvalue weighted by Gasteiger charge is 2.36. The fourth-order valence-electron chi connectivity index (χ4n) is 5.08. The van der Waals surface area contributed by atoms with Crippen LogP contribution in [-0.2, 0) is 32.6 Å². The van der Waals surface area contributed by atoms with E-state index in [9.17, 15) is 18.0 Å². The molecular formula is C36H39Cl2N3O4S. The quantitative estimate of drug-likeness (QED) is 0.179. The molecule has 0 heterocycles. The van der Waals surface area contributed by atoms with Crippen molar-refractivity contribution < 1.29 is 18.0 Å². The van der Waals surface area contributed by atoms with Gasteiger partial charge >= 0.3 is 0 Å². The number of sulfonamides is 1. The van der Waals surface area contributed by atoms with Crippen LogP contribution >= 0.6 is 23.2 Å². The molecule has 0 aliphatic rings. The maximum atomic E-state index is 14.7. The summed E-state index contributed by atoms with van der Waals surface area (Å²) < 4.78 is 29.6. The van der Waals surface area contributed by atoms with Crippen molar-refractivity contribution in [2.75, 3.05) is 10.8 Å². The van der Waals surface area contributed by atoms with Gasteiger partial charge in [-0.1, -0.05) is 89.9 Å². The average molecular weight is 681 g/mol. The number of halogens is 2. The summed E-state index contributed by atoms with van der Waals surface area (Å²) in [5, 5.41) is 3.77. The maximum absolute atomic E-state index is 14.7. The van der Waals surface area contributed by atoms with Crippen LogP contribution in [0.3, 0.4) is 0 Å². The monoisotopic (exact) mass is 679 g/mol. The number of aryl methyl sites for hydroxylation is 1. The number of nitrogens with one attached hydrogen (secondary N) is 1. The number of benzene rings is 4. The van der Waals surface area contributed by atoms with Gasteiger partial charge in [-0.25, -0.2) is 8.42 Å². The highest BCUT2D eigenvalue weighted by atomic mass is 35.5. The summed E-state index contributed by atoms with van der Waals surface area (Å²) in [5.41, 5.74) is 2.76. The Kier molecular flexibility index (Phi) is 11.2. The summed E-state index contributed by atoms with van der Waals surface area (Å²) in [6.07, 6.45) is 0.189. The number of nitrogens with zero attached hydrogens (tertiary/aromatic N) is 2. The molecule has 1 N–H and O–H groups in total. The maximum Gasteiger partial charge on any atom is 0.264 e. The van der Waals surface area contributed by atoms with Gasteiger partial charge in [0, 0.05) is 28.5 Å². The van der Waals surface area contributed by atoms with E-state index in [-0.39, 0.29) is 23.8 Å². The van der Waals surface area contributed by atoms with E-state index in [1.807, 2.05) is 71.0 Å². The Morgan fingerprint density at radius 3 is 2.09 bits per heavy atom. The van der Waals surface area contributed by atoms with Gasteiger partial charge in [0.2, 0.25) is 11.8 Å². The zero-order chi connectivity index (χ0) is 33.6. The second-order valence-electron chi connectivity index (χ2n) is 12.2. The number of carbonyl (C=O) groups is 2. The average Bonchev–Trinajstić information content (AvgIpc) is 3.00. The predicted molar refractivity (Wildman–Crippen MR) is 186 cm³/mol. The van der Waals surface area contributed by atoms with Crippen molar-refractivity contribution in [2.45, 2.75) is 64.1 Å². The predicted octanol–water partition coefficient (Wildman–Crippen LogP) is 7.36. The Hall–Kier alpha value is -3.85. The lowest BCUT2D eigenvalue weighted by Crippen LogP contribution is -2.56. The van der Waals surface area contributed by atoms with Crippen LogP contribution in [0, 0.1) is 13.8 Å². The van der Waals surface area contributed by atoms with E-state index in [4.69, 9.17) is 23.2 Å². The first-order valence-electron chi connectivity index (χ1n) is 14.9. The number of hydrogen-bond acceptors (Lipinski definition) is 4. The van der Waals surface area contributed by atoms with Crippen LogP contribution < -0.4 is 9.62 Å². The number of anilines is 1. The second-order valence-corrected chi connectivity index (χ2v) is 15.0. The summed E-state index contributed by atoms with van der Waals surface area (Å²) in [7, 11) is -4.20. The molecule has 0 aliphatic heterocycles. The van der Waals surface area contributed by atoms with E-state index in [0.717, 1.165) is 15.4 Å². The van der Waals surface area contributed by atoms with Gasteiger partial charge < -0.3 is 10.2 Å². The van der Waals surface area contributed by atoms with E-state index in [0.29, 0.717) is 26.9 Å². The van der Waals surface area contributed by atoms with Crippen LogP contribution in [0.15, 0.2) is 102 Å². The lowest BCUT2D eigenvalue weighted by atomic mass is 10.0. The van der Waals surface area contributed by atoms with Crippen LogP contribution in [0.25, 0.3) is 0 Å². The van der Waals surface area contributed by atoms with Crippen LogP contribution in [-0.4, -0.2) is 43.3 Å². The highest BCUT2D eigenvalue weighted by molar-refractivity contribution is 7.92. The third-order valence-corrected chi connectivity index (χ3v) is 9.94. The summed E-state index contributed by atoms with van der Waals surface area (Å²) >= 11 is 12.8. The molecule has 7 nitrogen and oxygen atoms in total. The van der Waals surface area contributed by atoms with E-state index >= 15 is 0 Å². The zero-order valence-electron chi connectivity index (χ0n) is 26.6. The van der Waals surface area contributed by atoms with Crippen molar-refractivity contribution in [2.24, 2.45) is 0 Å². The third kappa shape index (κ3) is 8.69. The molecule has 0 unspecified atom stereocenters. The van der Waals surface area contributed by atoms with Gasteiger partial charge in [0.15, 0.2) is 0 Å². The number of rotatable bonds is 11. The van der Waals surface area contributed by atoms with E-state index in [1.54, 1.807) is 48.5 Å². The number of amides is 2. The van der Waals surface area contributed by atoms with Crippen molar-refractivity contribution >= 4 is 50.7 Å². The minimum Gasteiger partial charge on any atom is -0.350 e. The van der Waals surface area contributed by atoms with Crippen LogP contribution in [0.5, 0.6) is 0 Å². The molecule has 1 atom stereocenters. The summed E-state index contributed by atoms with van der Waals surface area (Å²) in [5.74, 6) is -0.949. The Labute approximate surface area is 282 Å². The molecule has 0 aliphatic carbocycles. The Morgan fingerprint density at radius 1 is 0.848 bits per heavy atom. The molecule has 0 spiro atoms. The fraction of sp³-hybridized carbons (Fsp3) is 0.278. The first-order chi connectivity index (χ1) is 21.7. The first kappa shape index (κ1) is 35.0. The van der Waals surface area contributed by atoms with Gasteiger partial charge in [-0.2, -0.15) is 0 Å². The Morgan fingerprint density at radius 2 is 1.48 bits per heavy atom. The smallest absolute Gasteiger partial charge is 0.264 e. The van der Waals surface area contributed by atoms with Crippen LogP contribution in [0.2, 0.25) is 10.0 Å². The zero-order valence-corrected chi connectivity index (χ0v) is 29.0. The molecule has 0 fully saturated rings. The second kappa shape index (κ2) is 14.7. The molecule has 4 aromatic rings. The third-order valence-electron chi connectivity index (χ3n) is 7.58. The van der Waals surface area contributed by atoms with E-state index in [1.165, 1.54) is 17.0 Å². The molecule has 242 valence electrons. The fourth-order valence-corrected chi connectivity index (χ4v) is 7.04. The van der Waals surface area contributed by atoms with E-state index in [2.05, 4.69) is 5.32 Å². The van der Waals surface area contributed by atoms with Gasteiger partial charge in [0.1, 0.15) is 12.6 Å². The molecule has 0 saturated heterocycles. The topological polar surface area (TPSA) is 86.8 Å². The standard InChI is InChI=1S/C36H39Cl2N3O4S/c1-25-13-12-18-32(26(25)2)41(46(44,45)30-16-10-7-11-17-30)24-34(42)40(23-28-19-20-29(37)22-31(28)38)33(35(43)39-36(3,4)5)21-27-14-8-6-9-15-27/h6-20,22,33H,21,23-24H2,1-5H3,(H,39,43)/t33-/m1/s1. The van der Waals surface area contributed by atoms with Gasteiger partial charge in [0.05, 0.1) is 10.6 Å². The molecule has 0 saturated carbocycles. The molecular weight excluding hydrogens is 641 g/mol. The molecule has 0 radical (unpaired) electrons. The summed E-state index contributed by atoms with van der Waals surface area (Å²) in [6.45, 7) is 8.68. The largest absolute Gasteiger partial charge is 0.350 e. The first-order valence-corrected chi connectivity index (χ1v) is 17.1. The lowest BCUT2D eigenvalue weighted by molar-refractivity contribution is -0.140. The van der Waals surface area contributed by atoms with Crippen molar-refractivity contribution in [3.05, 3.63) is 129 Å². The molecule has 2 amide bonds. The van der Waals surface area contributed by atoms with Gasteiger partial charge in [-0.3, -0.25) is 13.9 Å².